The molecule has 0 atom stereocenters. The molecule has 0 aliphatic heterocycles. The molecule has 0 fully saturated rings. The molecule has 3 aromatic carbocycles. The van der Waals surface area contributed by atoms with E-state index in [1.165, 1.54) is 0 Å². The standard InChI is InChI=1S/C25H24N2O2/c1-14-8-15(2)11-20(10-14)24(28)26-21-13-19(7-6-17(21)4)25-27-22-12-16(3)9-18(5)23(22)29-25/h6-13H,1-5H3,(H,26,28). The minimum Gasteiger partial charge on any atom is -0.436 e. The third kappa shape index (κ3) is 3.79. The summed E-state index contributed by atoms with van der Waals surface area (Å²) in [5.41, 5.74) is 9.21. The van der Waals surface area contributed by atoms with E-state index in [0.717, 1.165) is 50.2 Å². The van der Waals surface area contributed by atoms with Crippen LogP contribution in [0.2, 0.25) is 0 Å². The number of hydrogen-bond acceptors (Lipinski definition) is 3. The molecule has 4 heteroatoms. The van der Waals surface area contributed by atoms with Crippen molar-refractivity contribution >= 4 is 22.7 Å². The average molecular weight is 384 g/mol. The highest BCUT2D eigenvalue weighted by Crippen LogP contribution is 2.30. The molecule has 0 bridgehead atoms. The first-order valence-corrected chi connectivity index (χ1v) is 9.68. The zero-order valence-corrected chi connectivity index (χ0v) is 17.4. The van der Waals surface area contributed by atoms with E-state index in [-0.39, 0.29) is 5.91 Å². The number of amides is 1. The fourth-order valence-electron chi connectivity index (χ4n) is 3.69. The maximum atomic E-state index is 12.8. The summed E-state index contributed by atoms with van der Waals surface area (Å²) in [5.74, 6) is 0.427. The third-order valence-corrected chi connectivity index (χ3v) is 5.04. The highest BCUT2D eigenvalue weighted by Gasteiger charge is 2.14. The van der Waals surface area contributed by atoms with Gasteiger partial charge in [0.15, 0.2) is 5.58 Å². The molecule has 0 spiro atoms. The first-order valence-electron chi connectivity index (χ1n) is 9.68. The number of aromatic nitrogens is 1. The Morgan fingerprint density at radius 3 is 2.24 bits per heavy atom. The number of carbonyl (C=O) groups excluding carboxylic acids is 1. The minimum absolute atomic E-state index is 0.124. The van der Waals surface area contributed by atoms with E-state index in [0.29, 0.717) is 11.5 Å². The van der Waals surface area contributed by atoms with Gasteiger partial charge in [-0.3, -0.25) is 4.79 Å². The van der Waals surface area contributed by atoms with E-state index in [1.807, 2.05) is 71.0 Å². The minimum atomic E-state index is -0.124. The van der Waals surface area contributed by atoms with Crippen LogP contribution in [0.5, 0.6) is 0 Å². The highest BCUT2D eigenvalue weighted by atomic mass is 16.3. The maximum absolute atomic E-state index is 12.8. The Morgan fingerprint density at radius 1 is 0.828 bits per heavy atom. The van der Waals surface area contributed by atoms with Gasteiger partial charge < -0.3 is 9.73 Å². The lowest BCUT2D eigenvalue weighted by atomic mass is 10.1. The summed E-state index contributed by atoms with van der Waals surface area (Å²) in [6.45, 7) is 10.0. The molecule has 0 saturated heterocycles. The summed E-state index contributed by atoms with van der Waals surface area (Å²) >= 11 is 0. The predicted molar refractivity (Wildman–Crippen MR) is 118 cm³/mol. The number of anilines is 1. The smallest absolute Gasteiger partial charge is 0.255 e. The molecule has 4 aromatic rings. The van der Waals surface area contributed by atoms with E-state index in [4.69, 9.17) is 4.42 Å². The van der Waals surface area contributed by atoms with Gasteiger partial charge in [0.2, 0.25) is 5.89 Å². The second-order valence-corrected chi connectivity index (χ2v) is 7.81. The van der Waals surface area contributed by atoms with E-state index in [1.54, 1.807) is 0 Å². The van der Waals surface area contributed by atoms with Crippen molar-refractivity contribution in [1.82, 2.24) is 4.98 Å². The van der Waals surface area contributed by atoms with Crippen molar-refractivity contribution < 1.29 is 9.21 Å². The Hall–Kier alpha value is -3.40. The van der Waals surface area contributed by atoms with Gasteiger partial charge in [0.05, 0.1) is 0 Å². The fourth-order valence-corrected chi connectivity index (χ4v) is 3.69. The van der Waals surface area contributed by atoms with Gasteiger partial charge >= 0.3 is 0 Å². The molecule has 1 aromatic heterocycles. The average Bonchev–Trinajstić information content (AvgIpc) is 3.07. The molecule has 0 aliphatic rings. The zero-order chi connectivity index (χ0) is 20.7. The van der Waals surface area contributed by atoms with Crippen molar-refractivity contribution in [2.45, 2.75) is 34.6 Å². The predicted octanol–water partition coefficient (Wildman–Crippen LogP) is 6.29. The number of rotatable bonds is 3. The lowest BCUT2D eigenvalue weighted by Gasteiger charge is -2.11. The molecule has 146 valence electrons. The second-order valence-electron chi connectivity index (χ2n) is 7.81. The number of hydrogen-bond donors (Lipinski definition) is 1. The Bertz CT molecular complexity index is 1230. The van der Waals surface area contributed by atoms with Crippen LogP contribution in [0.15, 0.2) is 52.9 Å². The summed E-state index contributed by atoms with van der Waals surface area (Å²) in [6, 6.07) is 15.8. The molecule has 0 radical (unpaired) electrons. The van der Waals surface area contributed by atoms with Crippen LogP contribution in [0, 0.1) is 34.6 Å². The summed E-state index contributed by atoms with van der Waals surface area (Å²) in [5, 5.41) is 3.04. The lowest BCUT2D eigenvalue weighted by Crippen LogP contribution is -2.13. The van der Waals surface area contributed by atoms with E-state index in [9.17, 15) is 4.79 Å². The van der Waals surface area contributed by atoms with Crippen LogP contribution in [-0.4, -0.2) is 10.9 Å². The van der Waals surface area contributed by atoms with Gasteiger partial charge in [-0.2, -0.15) is 0 Å². The van der Waals surface area contributed by atoms with Crippen molar-refractivity contribution in [1.29, 1.82) is 0 Å². The molecular formula is C25H24N2O2. The molecule has 1 N–H and O–H groups in total. The number of fused-ring (bicyclic) bond motifs is 1. The van der Waals surface area contributed by atoms with Crippen molar-refractivity contribution in [3.63, 3.8) is 0 Å². The molecule has 0 saturated carbocycles. The summed E-state index contributed by atoms with van der Waals surface area (Å²) in [6.07, 6.45) is 0. The third-order valence-electron chi connectivity index (χ3n) is 5.04. The van der Waals surface area contributed by atoms with Crippen molar-refractivity contribution in [2.24, 2.45) is 0 Å². The van der Waals surface area contributed by atoms with Crippen LogP contribution in [0.25, 0.3) is 22.6 Å². The largest absolute Gasteiger partial charge is 0.436 e. The van der Waals surface area contributed by atoms with Crippen LogP contribution in [0.3, 0.4) is 0 Å². The van der Waals surface area contributed by atoms with Crippen LogP contribution in [0.4, 0.5) is 5.69 Å². The van der Waals surface area contributed by atoms with Crippen LogP contribution in [-0.2, 0) is 0 Å². The second kappa shape index (κ2) is 7.21. The number of nitrogens with one attached hydrogen (secondary N) is 1. The highest BCUT2D eigenvalue weighted by molar-refractivity contribution is 6.05. The van der Waals surface area contributed by atoms with Gasteiger partial charge in [-0.1, -0.05) is 29.3 Å². The Balaban J connectivity index is 1.69. The van der Waals surface area contributed by atoms with Gasteiger partial charge in [0, 0.05) is 16.8 Å². The number of benzene rings is 3. The SMILES string of the molecule is Cc1cc(C)cc(C(=O)Nc2cc(-c3nc4cc(C)cc(C)c4o3)ccc2C)c1. The normalized spacial score (nSPS) is 11.1. The topological polar surface area (TPSA) is 55.1 Å². The number of aryl methyl sites for hydroxylation is 5. The monoisotopic (exact) mass is 384 g/mol. The van der Waals surface area contributed by atoms with Gasteiger partial charge in [-0.05, 0) is 81.6 Å². The van der Waals surface area contributed by atoms with Gasteiger partial charge in [-0.15, -0.1) is 0 Å². The molecule has 29 heavy (non-hydrogen) atoms. The number of nitrogens with zero attached hydrogens (tertiary/aromatic N) is 1. The molecule has 1 heterocycles. The first kappa shape index (κ1) is 18.9. The quantitative estimate of drug-likeness (QED) is 0.452. The van der Waals surface area contributed by atoms with Crippen molar-refractivity contribution in [3.05, 3.63) is 81.9 Å². The van der Waals surface area contributed by atoms with Crippen LogP contribution >= 0.6 is 0 Å². The summed E-state index contributed by atoms with van der Waals surface area (Å²) in [7, 11) is 0. The molecule has 0 aliphatic carbocycles. The van der Waals surface area contributed by atoms with Crippen LogP contribution < -0.4 is 5.32 Å². The van der Waals surface area contributed by atoms with E-state index >= 15 is 0 Å². The molecule has 4 nitrogen and oxygen atoms in total. The lowest BCUT2D eigenvalue weighted by molar-refractivity contribution is 0.102. The molecule has 0 unspecified atom stereocenters. The number of oxazole rings is 1. The van der Waals surface area contributed by atoms with Crippen molar-refractivity contribution in [3.8, 4) is 11.5 Å². The maximum Gasteiger partial charge on any atom is 0.255 e. The van der Waals surface area contributed by atoms with E-state index in [2.05, 4.69) is 22.4 Å². The molecule has 1 amide bonds. The first-order chi connectivity index (χ1) is 13.8. The zero-order valence-electron chi connectivity index (χ0n) is 17.4. The fraction of sp³-hybridized carbons (Fsp3) is 0.200. The van der Waals surface area contributed by atoms with E-state index < -0.39 is 0 Å². The summed E-state index contributed by atoms with van der Waals surface area (Å²) in [4.78, 5) is 17.4. The summed E-state index contributed by atoms with van der Waals surface area (Å²) < 4.78 is 6.03. The van der Waals surface area contributed by atoms with Crippen molar-refractivity contribution in [2.75, 3.05) is 5.32 Å². The van der Waals surface area contributed by atoms with Gasteiger partial charge in [0.1, 0.15) is 5.52 Å². The number of carbonyl (C=O) groups is 1. The Morgan fingerprint density at radius 2 is 1.52 bits per heavy atom. The Labute approximate surface area is 170 Å². The Kier molecular flexibility index (Phi) is 4.71. The molecular weight excluding hydrogens is 360 g/mol. The van der Waals surface area contributed by atoms with Gasteiger partial charge in [-0.25, -0.2) is 4.98 Å². The molecule has 4 rings (SSSR count). The van der Waals surface area contributed by atoms with Crippen LogP contribution in [0.1, 0.15) is 38.2 Å². The van der Waals surface area contributed by atoms with Gasteiger partial charge in [0.25, 0.3) is 5.91 Å².